The van der Waals surface area contributed by atoms with Gasteiger partial charge in [-0.15, -0.1) is 0 Å². The van der Waals surface area contributed by atoms with Gasteiger partial charge in [-0.05, 0) is 37.1 Å². The maximum atomic E-state index is 12.7. The normalized spacial score (nSPS) is 17.0. The number of benzene rings is 2. The highest BCUT2D eigenvalue weighted by atomic mass is 32.2. The lowest BCUT2D eigenvalue weighted by molar-refractivity contribution is -0.384. The molecule has 0 bridgehead atoms. The Balaban J connectivity index is 1.67. The molecular weight excluding hydrogens is 402 g/mol. The summed E-state index contributed by atoms with van der Waals surface area (Å²) in [6.07, 6.45) is 1.25. The van der Waals surface area contributed by atoms with Gasteiger partial charge in [0.1, 0.15) is 10.6 Å². The maximum absolute atomic E-state index is 12.7. The van der Waals surface area contributed by atoms with Crippen LogP contribution in [0.2, 0.25) is 0 Å². The molecule has 1 heterocycles. The lowest BCUT2D eigenvalue weighted by Gasteiger charge is -2.13. The van der Waals surface area contributed by atoms with Crippen molar-refractivity contribution in [1.82, 2.24) is 4.31 Å². The van der Waals surface area contributed by atoms with E-state index in [1.807, 2.05) is 0 Å². The number of anilines is 1. The van der Waals surface area contributed by atoms with Crippen LogP contribution >= 0.6 is 0 Å². The smallest absolute Gasteiger partial charge is 0.271 e. The number of carbonyl (C=O) groups is 2. The number of nitrogens with zero attached hydrogens (tertiary/aromatic N) is 2. The minimum absolute atomic E-state index is 0.00803. The van der Waals surface area contributed by atoms with Crippen molar-refractivity contribution in [3.63, 3.8) is 0 Å². The van der Waals surface area contributed by atoms with Gasteiger partial charge in [0.05, 0.1) is 23.3 Å². The highest BCUT2D eigenvalue weighted by molar-refractivity contribution is 7.90. The van der Waals surface area contributed by atoms with E-state index in [1.165, 1.54) is 31.4 Å². The number of sulfonamides is 1. The molecular formula is C18H15N3O7S. The van der Waals surface area contributed by atoms with Crippen molar-refractivity contribution in [2.75, 3.05) is 12.4 Å². The number of ether oxygens (including phenoxy) is 1. The Labute approximate surface area is 165 Å². The summed E-state index contributed by atoms with van der Waals surface area (Å²) < 4.78 is 31.4. The first kappa shape index (κ1) is 18.9. The van der Waals surface area contributed by atoms with Crippen LogP contribution in [0.1, 0.15) is 33.6 Å². The second-order valence-corrected chi connectivity index (χ2v) is 8.43. The van der Waals surface area contributed by atoms with Crippen molar-refractivity contribution in [3.05, 3.63) is 57.6 Å². The lowest BCUT2D eigenvalue weighted by Crippen LogP contribution is -2.31. The number of rotatable bonds is 5. The number of nitrogens with one attached hydrogen (secondary N) is 1. The number of nitro benzene ring substituents is 1. The SMILES string of the molecule is COc1ccc([N+](=O)[O-])cc1NC(=O)c1ccc2c(c1)S(=O)(=O)N(C1CC1)C2=O. The van der Waals surface area contributed by atoms with Crippen LogP contribution in [0.3, 0.4) is 0 Å². The quantitative estimate of drug-likeness (QED) is 0.581. The Bertz CT molecular complexity index is 1170. The number of amides is 2. The number of fused-ring (bicyclic) bond motifs is 1. The first-order chi connectivity index (χ1) is 13.7. The van der Waals surface area contributed by atoms with E-state index in [2.05, 4.69) is 5.32 Å². The Hall–Kier alpha value is -3.47. The van der Waals surface area contributed by atoms with Crippen LogP contribution in [0.15, 0.2) is 41.3 Å². The first-order valence-corrected chi connectivity index (χ1v) is 10.0. The Morgan fingerprint density at radius 1 is 1.24 bits per heavy atom. The zero-order valence-electron chi connectivity index (χ0n) is 15.1. The standard InChI is InChI=1S/C18H15N3O7S/c1-28-15-7-5-12(21(24)25)9-14(15)19-17(22)10-2-6-13-16(8-10)29(26,27)20(18(13)23)11-3-4-11/h2,5-9,11H,3-4H2,1H3,(H,19,22). The van der Waals surface area contributed by atoms with Gasteiger partial charge in [-0.25, -0.2) is 12.7 Å². The summed E-state index contributed by atoms with van der Waals surface area (Å²) in [5.74, 6) is -1.08. The molecule has 2 aromatic rings. The molecule has 150 valence electrons. The van der Waals surface area contributed by atoms with Crippen molar-refractivity contribution >= 4 is 33.2 Å². The Kier molecular flexibility index (Phi) is 4.26. The molecule has 1 aliphatic carbocycles. The predicted molar refractivity (Wildman–Crippen MR) is 100 cm³/mol. The minimum atomic E-state index is -4.00. The fraction of sp³-hybridized carbons (Fsp3) is 0.222. The third-order valence-corrected chi connectivity index (χ3v) is 6.61. The molecule has 11 heteroatoms. The molecule has 0 spiro atoms. The molecule has 10 nitrogen and oxygen atoms in total. The van der Waals surface area contributed by atoms with E-state index in [1.54, 1.807) is 0 Å². The Morgan fingerprint density at radius 2 is 1.97 bits per heavy atom. The summed E-state index contributed by atoms with van der Waals surface area (Å²) in [5.41, 5.74) is -0.165. The van der Waals surface area contributed by atoms with E-state index >= 15 is 0 Å². The third kappa shape index (κ3) is 3.09. The summed E-state index contributed by atoms with van der Waals surface area (Å²) in [6, 6.07) is 7.16. The molecule has 0 unspecified atom stereocenters. The monoisotopic (exact) mass is 417 g/mol. The molecule has 2 aliphatic rings. The molecule has 1 saturated carbocycles. The lowest BCUT2D eigenvalue weighted by atomic mass is 10.1. The summed E-state index contributed by atoms with van der Waals surface area (Å²) in [5, 5.41) is 13.5. The molecule has 1 aliphatic heterocycles. The third-order valence-electron chi connectivity index (χ3n) is 4.73. The van der Waals surface area contributed by atoms with Gasteiger partial charge in [0.15, 0.2) is 0 Å². The fourth-order valence-electron chi connectivity index (χ4n) is 3.16. The molecule has 0 atom stereocenters. The van der Waals surface area contributed by atoms with Crippen molar-refractivity contribution in [3.8, 4) is 5.75 Å². The zero-order chi connectivity index (χ0) is 20.9. The fourth-order valence-corrected chi connectivity index (χ4v) is 5.00. The second kappa shape index (κ2) is 6.55. The number of nitro groups is 1. The topological polar surface area (TPSA) is 136 Å². The van der Waals surface area contributed by atoms with Crippen LogP contribution in [0.5, 0.6) is 5.75 Å². The van der Waals surface area contributed by atoms with E-state index in [0.717, 1.165) is 16.4 Å². The van der Waals surface area contributed by atoms with E-state index in [-0.39, 0.29) is 39.2 Å². The maximum Gasteiger partial charge on any atom is 0.271 e. The van der Waals surface area contributed by atoms with Gasteiger partial charge in [0.25, 0.3) is 27.5 Å². The number of hydrogen-bond donors (Lipinski definition) is 1. The zero-order valence-corrected chi connectivity index (χ0v) is 15.9. The molecule has 29 heavy (non-hydrogen) atoms. The van der Waals surface area contributed by atoms with E-state index < -0.39 is 26.8 Å². The average molecular weight is 417 g/mol. The van der Waals surface area contributed by atoms with E-state index in [9.17, 15) is 28.1 Å². The second-order valence-electron chi connectivity index (χ2n) is 6.64. The summed E-state index contributed by atoms with van der Waals surface area (Å²) in [6.45, 7) is 0. The number of methoxy groups -OCH3 is 1. The first-order valence-electron chi connectivity index (χ1n) is 8.60. The van der Waals surface area contributed by atoms with Gasteiger partial charge >= 0.3 is 0 Å². The number of carbonyl (C=O) groups excluding carboxylic acids is 2. The van der Waals surface area contributed by atoms with Crippen LogP contribution in [-0.2, 0) is 10.0 Å². The van der Waals surface area contributed by atoms with Gasteiger partial charge in [0.2, 0.25) is 0 Å². The summed E-state index contributed by atoms with van der Waals surface area (Å²) >= 11 is 0. The molecule has 0 saturated heterocycles. The molecule has 1 fully saturated rings. The van der Waals surface area contributed by atoms with Gasteiger partial charge in [-0.1, -0.05) is 0 Å². The van der Waals surface area contributed by atoms with Crippen molar-refractivity contribution in [2.24, 2.45) is 0 Å². The minimum Gasteiger partial charge on any atom is -0.495 e. The largest absolute Gasteiger partial charge is 0.495 e. The summed E-state index contributed by atoms with van der Waals surface area (Å²) in [4.78, 5) is 35.2. The molecule has 0 radical (unpaired) electrons. The average Bonchev–Trinajstić information content (AvgIpc) is 3.49. The predicted octanol–water partition coefficient (Wildman–Crippen LogP) is 2.16. The molecule has 2 amide bonds. The number of non-ortho nitro benzene ring substituents is 1. The highest BCUT2D eigenvalue weighted by Gasteiger charge is 2.48. The van der Waals surface area contributed by atoms with Gasteiger partial charge in [0, 0.05) is 23.7 Å². The van der Waals surface area contributed by atoms with Crippen LogP contribution in [0, 0.1) is 10.1 Å². The van der Waals surface area contributed by atoms with Gasteiger partial charge in [-0.3, -0.25) is 19.7 Å². The van der Waals surface area contributed by atoms with Crippen LogP contribution in [0.25, 0.3) is 0 Å². The van der Waals surface area contributed by atoms with Crippen molar-refractivity contribution < 1.29 is 27.7 Å². The molecule has 1 N–H and O–H groups in total. The molecule has 4 rings (SSSR count). The van der Waals surface area contributed by atoms with Gasteiger partial charge < -0.3 is 10.1 Å². The molecule has 0 aromatic heterocycles. The highest BCUT2D eigenvalue weighted by Crippen LogP contribution is 2.40. The van der Waals surface area contributed by atoms with Crippen LogP contribution in [0.4, 0.5) is 11.4 Å². The van der Waals surface area contributed by atoms with Crippen molar-refractivity contribution in [1.29, 1.82) is 0 Å². The van der Waals surface area contributed by atoms with Crippen LogP contribution in [-0.4, -0.2) is 42.6 Å². The van der Waals surface area contributed by atoms with Crippen molar-refractivity contribution in [2.45, 2.75) is 23.8 Å². The Morgan fingerprint density at radius 3 is 2.59 bits per heavy atom. The van der Waals surface area contributed by atoms with E-state index in [4.69, 9.17) is 4.74 Å². The molecule has 2 aromatic carbocycles. The summed E-state index contributed by atoms with van der Waals surface area (Å²) in [7, 11) is -2.66. The van der Waals surface area contributed by atoms with E-state index in [0.29, 0.717) is 12.8 Å². The number of hydrogen-bond acceptors (Lipinski definition) is 7. The van der Waals surface area contributed by atoms with Gasteiger partial charge in [-0.2, -0.15) is 0 Å². The van der Waals surface area contributed by atoms with Crippen LogP contribution < -0.4 is 10.1 Å².